The molecule has 2 aliphatic heterocycles. The third-order valence-electron chi connectivity index (χ3n) is 5.24. The number of aromatic nitrogens is 1. The van der Waals surface area contributed by atoms with Gasteiger partial charge in [0.2, 0.25) is 5.91 Å². The summed E-state index contributed by atoms with van der Waals surface area (Å²) in [5, 5.41) is 2.43. The van der Waals surface area contributed by atoms with Crippen molar-refractivity contribution in [2.24, 2.45) is 0 Å². The fraction of sp³-hybridized carbons (Fsp3) is 0.471. The minimum atomic E-state index is -4.59. The highest BCUT2D eigenvalue weighted by molar-refractivity contribution is 7.21. The Bertz CT molecular complexity index is 964. The van der Waals surface area contributed by atoms with Gasteiger partial charge in [0.1, 0.15) is 15.7 Å². The van der Waals surface area contributed by atoms with Gasteiger partial charge in [-0.3, -0.25) is 9.59 Å². The van der Waals surface area contributed by atoms with E-state index in [1.807, 2.05) is 0 Å². The Labute approximate surface area is 150 Å². The Hall–Kier alpha value is -2.16. The first kappa shape index (κ1) is 16.0. The molecule has 4 heterocycles. The molecule has 0 radical (unpaired) electrons. The molecule has 3 aliphatic rings. The van der Waals surface area contributed by atoms with Gasteiger partial charge in [0, 0.05) is 23.5 Å². The zero-order valence-corrected chi connectivity index (χ0v) is 14.3. The minimum Gasteiger partial charge on any atom is -0.326 e. The highest BCUT2D eigenvalue weighted by atomic mass is 32.1. The van der Waals surface area contributed by atoms with Gasteiger partial charge in [-0.25, -0.2) is 4.98 Å². The third-order valence-corrected chi connectivity index (χ3v) is 6.31. The van der Waals surface area contributed by atoms with Crippen molar-refractivity contribution in [3.63, 3.8) is 0 Å². The largest absolute Gasteiger partial charge is 0.417 e. The Morgan fingerprint density at radius 3 is 2.69 bits per heavy atom. The molecule has 2 aromatic heterocycles. The highest BCUT2D eigenvalue weighted by Crippen LogP contribution is 2.48. The highest BCUT2D eigenvalue weighted by Gasteiger charge is 2.43. The quantitative estimate of drug-likeness (QED) is 0.818. The predicted octanol–water partition coefficient (Wildman–Crippen LogP) is 3.75. The number of carbonyl (C=O) groups is 2. The molecule has 136 valence electrons. The first-order valence-electron chi connectivity index (χ1n) is 8.51. The number of anilines is 1. The molecule has 1 saturated carbocycles. The van der Waals surface area contributed by atoms with Gasteiger partial charge in [-0.05, 0) is 31.7 Å². The van der Waals surface area contributed by atoms with Crippen LogP contribution in [0.3, 0.4) is 0 Å². The summed E-state index contributed by atoms with van der Waals surface area (Å²) >= 11 is 0.945. The molecule has 1 atom stereocenters. The van der Waals surface area contributed by atoms with E-state index in [0.29, 0.717) is 25.1 Å². The summed E-state index contributed by atoms with van der Waals surface area (Å²) in [7, 11) is 0. The van der Waals surface area contributed by atoms with Gasteiger partial charge in [0.15, 0.2) is 0 Å². The minimum absolute atomic E-state index is 0.0310. The SMILES string of the molecule is O=C1Nc2c(sc3nc(C4CC4)cc(C(F)(F)F)c23)C(=O)N2CCC[C@H]12. The summed E-state index contributed by atoms with van der Waals surface area (Å²) in [5.74, 6) is -0.755. The lowest BCUT2D eigenvalue weighted by Gasteiger charge is -2.19. The van der Waals surface area contributed by atoms with Gasteiger partial charge < -0.3 is 10.2 Å². The van der Waals surface area contributed by atoms with Crippen molar-refractivity contribution in [1.82, 2.24) is 9.88 Å². The lowest BCUT2D eigenvalue weighted by Crippen LogP contribution is -2.40. The summed E-state index contributed by atoms with van der Waals surface area (Å²) < 4.78 is 41.2. The Morgan fingerprint density at radius 1 is 1.23 bits per heavy atom. The van der Waals surface area contributed by atoms with E-state index in [-0.39, 0.29) is 32.6 Å². The lowest BCUT2D eigenvalue weighted by molar-refractivity contribution is -0.136. The van der Waals surface area contributed by atoms with Crippen LogP contribution in [0.2, 0.25) is 0 Å². The topological polar surface area (TPSA) is 62.3 Å². The van der Waals surface area contributed by atoms with Crippen molar-refractivity contribution in [3.8, 4) is 0 Å². The van der Waals surface area contributed by atoms with E-state index in [1.54, 1.807) is 0 Å². The van der Waals surface area contributed by atoms with E-state index in [1.165, 1.54) is 4.90 Å². The number of hydrogen-bond acceptors (Lipinski definition) is 4. The van der Waals surface area contributed by atoms with Crippen molar-refractivity contribution >= 4 is 39.1 Å². The number of nitrogens with zero attached hydrogens (tertiary/aromatic N) is 2. The number of pyridine rings is 1. The number of halogens is 3. The molecular weight excluding hydrogens is 367 g/mol. The van der Waals surface area contributed by atoms with E-state index in [0.717, 1.165) is 30.2 Å². The average molecular weight is 381 g/mol. The molecule has 1 saturated heterocycles. The average Bonchev–Trinajstić information content (AvgIpc) is 3.22. The third kappa shape index (κ3) is 2.26. The number of amides is 2. The van der Waals surface area contributed by atoms with E-state index in [4.69, 9.17) is 0 Å². The molecule has 2 amide bonds. The maximum Gasteiger partial charge on any atom is 0.417 e. The molecule has 5 rings (SSSR count). The van der Waals surface area contributed by atoms with Gasteiger partial charge >= 0.3 is 6.18 Å². The summed E-state index contributed by atoms with van der Waals surface area (Å²) in [5.41, 5.74) is -0.437. The van der Waals surface area contributed by atoms with Crippen molar-refractivity contribution in [1.29, 1.82) is 0 Å². The van der Waals surface area contributed by atoms with Crippen LogP contribution in [0.4, 0.5) is 18.9 Å². The second kappa shape index (κ2) is 5.18. The van der Waals surface area contributed by atoms with E-state index in [9.17, 15) is 22.8 Å². The molecule has 0 bridgehead atoms. The van der Waals surface area contributed by atoms with E-state index < -0.39 is 23.7 Å². The van der Waals surface area contributed by atoms with Crippen LogP contribution in [0.1, 0.15) is 52.5 Å². The smallest absolute Gasteiger partial charge is 0.326 e. The van der Waals surface area contributed by atoms with Gasteiger partial charge in [-0.2, -0.15) is 13.2 Å². The van der Waals surface area contributed by atoms with Crippen LogP contribution in [0.15, 0.2) is 6.07 Å². The molecule has 2 fully saturated rings. The number of carbonyl (C=O) groups excluding carboxylic acids is 2. The van der Waals surface area contributed by atoms with Gasteiger partial charge in [-0.1, -0.05) is 0 Å². The van der Waals surface area contributed by atoms with Crippen LogP contribution in [-0.2, 0) is 11.0 Å². The number of rotatable bonds is 1. The Balaban J connectivity index is 1.78. The monoisotopic (exact) mass is 381 g/mol. The van der Waals surface area contributed by atoms with Crippen LogP contribution in [-0.4, -0.2) is 34.3 Å². The molecule has 26 heavy (non-hydrogen) atoms. The lowest BCUT2D eigenvalue weighted by atomic mass is 10.1. The molecule has 0 spiro atoms. The zero-order chi connectivity index (χ0) is 18.2. The standard InChI is InChI=1S/C17H14F3N3O2S/c18-17(19,20)8-6-9(7-3-4-7)21-15-11(8)12-13(26-15)16(25)23-5-1-2-10(23)14(24)22-12/h6-7,10H,1-5H2,(H,22,24)/t10-/m1/s1. The molecular formula is C17H14F3N3O2S. The summed E-state index contributed by atoms with van der Waals surface area (Å²) in [4.78, 5) is 31.5. The first-order chi connectivity index (χ1) is 12.3. The second-order valence-electron chi connectivity index (χ2n) is 7.00. The van der Waals surface area contributed by atoms with Crippen LogP contribution in [0, 0.1) is 0 Å². The maximum absolute atomic E-state index is 13.7. The van der Waals surface area contributed by atoms with Crippen LogP contribution >= 0.6 is 11.3 Å². The fourth-order valence-electron chi connectivity index (χ4n) is 3.82. The molecule has 9 heteroatoms. The number of thiophene rings is 1. The maximum atomic E-state index is 13.7. The molecule has 2 aromatic rings. The van der Waals surface area contributed by atoms with Gasteiger partial charge in [0.25, 0.3) is 5.91 Å². The number of alkyl halides is 3. The second-order valence-corrected chi connectivity index (χ2v) is 8.00. The van der Waals surface area contributed by atoms with Crippen LogP contribution < -0.4 is 5.32 Å². The van der Waals surface area contributed by atoms with Crippen LogP contribution in [0.25, 0.3) is 10.2 Å². The van der Waals surface area contributed by atoms with E-state index in [2.05, 4.69) is 10.3 Å². The number of nitrogens with one attached hydrogen (secondary N) is 1. The summed E-state index contributed by atoms with van der Waals surface area (Å²) in [6.45, 7) is 0.442. The van der Waals surface area contributed by atoms with Gasteiger partial charge in [-0.15, -0.1) is 11.3 Å². The Morgan fingerprint density at radius 2 is 2.00 bits per heavy atom. The van der Waals surface area contributed by atoms with Crippen molar-refractivity contribution in [3.05, 3.63) is 22.2 Å². The number of hydrogen-bond donors (Lipinski definition) is 1. The van der Waals surface area contributed by atoms with E-state index >= 15 is 0 Å². The molecule has 0 aromatic carbocycles. The van der Waals surface area contributed by atoms with Crippen LogP contribution in [0.5, 0.6) is 0 Å². The van der Waals surface area contributed by atoms with Crippen molar-refractivity contribution in [2.75, 3.05) is 11.9 Å². The fourth-order valence-corrected chi connectivity index (χ4v) is 4.94. The molecule has 1 N–H and O–H groups in total. The normalized spacial score (nSPS) is 23.0. The van der Waals surface area contributed by atoms with Gasteiger partial charge in [0.05, 0.1) is 11.3 Å². The summed E-state index contributed by atoms with van der Waals surface area (Å²) in [6, 6.07) is 0.473. The summed E-state index contributed by atoms with van der Waals surface area (Å²) in [6.07, 6.45) is -1.70. The van der Waals surface area contributed by atoms with Crippen molar-refractivity contribution in [2.45, 2.75) is 43.8 Å². The Kier molecular flexibility index (Phi) is 3.20. The number of fused-ring (bicyclic) bond motifs is 4. The predicted molar refractivity (Wildman–Crippen MR) is 89.3 cm³/mol. The molecule has 1 aliphatic carbocycles. The zero-order valence-electron chi connectivity index (χ0n) is 13.5. The molecule has 5 nitrogen and oxygen atoms in total. The first-order valence-corrected chi connectivity index (χ1v) is 9.32. The molecule has 0 unspecified atom stereocenters. The van der Waals surface area contributed by atoms with Crippen molar-refractivity contribution < 1.29 is 22.8 Å².